The van der Waals surface area contributed by atoms with Gasteiger partial charge in [0.25, 0.3) is 0 Å². The molecule has 2 rings (SSSR count). The highest BCUT2D eigenvalue weighted by Crippen LogP contribution is 2.36. The first-order chi connectivity index (χ1) is 12.7. The highest BCUT2D eigenvalue weighted by molar-refractivity contribution is 6.31. The highest BCUT2D eigenvalue weighted by Gasteiger charge is 2.33. The molecular formula is C22H30ClNO3. The second-order valence-corrected chi connectivity index (χ2v) is 8.40. The first kappa shape index (κ1) is 21.5. The lowest BCUT2D eigenvalue weighted by Gasteiger charge is -2.23. The largest absolute Gasteiger partial charge is 0.481 e. The van der Waals surface area contributed by atoms with Crippen molar-refractivity contribution in [3.05, 3.63) is 34.5 Å². The summed E-state index contributed by atoms with van der Waals surface area (Å²) in [5.41, 5.74) is 1.98. The summed E-state index contributed by atoms with van der Waals surface area (Å²) in [5, 5.41) is 10.5. The molecule has 0 saturated heterocycles. The fourth-order valence-corrected chi connectivity index (χ4v) is 3.78. The Morgan fingerprint density at radius 3 is 2.52 bits per heavy atom. The molecule has 0 radical (unpaired) electrons. The summed E-state index contributed by atoms with van der Waals surface area (Å²) < 4.78 is 2.10. The van der Waals surface area contributed by atoms with Crippen molar-refractivity contribution in [2.24, 2.45) is 12.5 Å². The van der Waals surface area contributed by atoms with Gasteiger partial charge in [-0.1, -0.05) is 51.6 Å². The quantitative estimate of drug-likeness (QED) is 0.397. The molecule has 0 spiro atoms. The molecule has 0 aliphatic carbocycles. The first-order valence-electron chi connectivity index (χ1n) is 9.72. The van der Waals surface area contributed by atoms with E-state index in [9.17, 15) is 9.59 Å². The number of unbranched alkanes of at least 4 members (excludes halogenated alkanes) is 3. The van der Waals surface area contributed by atoms with Crippen molar-refractivity contribution >= 4 is 34.3 Å². The van der Waals surface area contributed by atoms with E-state index < -0.39 is 11.4 Å². The fourth-order valence-electron chi connectivity index (χ4n) is 3.61. The van der Waals surface area contributed by atoms with Crippen molar-refractivity contribution in [3.63, 3.8) is 0 Å². The van der Waals surface area contributed by atoms with E-state index in [4.69, 9.17) is 16.7 Å². The minimum Gasteiger partial charge on any atom is -0.481 e. The summed E-state index contributed by atoms with van der Waals surface area (Å²) >= 11 is 6.22. The molecule has 2 aromatic rings. The molecule has 0 atom stereocenters. The van der Waals surface area contributed by atoms with Crippen LogP contribution in [0.1, 0.15) is 75.3 Å². The molecule has 0 amide bonds. The Hall–Kier alpha value is -1.81. The van der Waals surface area contributed by atoms with E-state index in [1.165, 1.54) is 12.8 Å². The number of aryl methyl sites for hydroxylation is 1. The number of carbonyl (C=O) groups excluding carboxylic acids is 1. The third-order valence-corrected chi connectivity index (χ3v) is 5.59. The number of hydrogen-bond acceptors (Lipinski definition) is 2. The Labute approximate surface area is 166 Å². The maximum Gasteiger partial charge on any atom is 0.303 e. The smallest absolute Gasteiger partial charge is 0.303 e. The van der Waals surface area contributed by atoms with Gasteiger partial charge in [-0.25, -0.2) is 0 Å². The van der Waals surface area contributed by atoms with Crippen LogP contribution in [0, 0.1) is 5.41 Å². The van der Waals surface area contributed by atoms with Gasteiger partial charge in [-0.3, -0.25) is 9.59 Å². The Morgan fingerprint density at radius 2 is 1.89 bits per heavy atom. The van der Waals surface area contributed by atoms with Gasteiger partial charge in [-0.2, -0.15) is 0 Å². The van der Waals surface area contributed by atoms with Crippen molar-refractivity contribution in [2.75, 3.05) is 0 Å². The number of benzene rings is 1. The van der Waals surface area contributed by atoms with Crippen LogP contribution >= 0.6 is 11.6 Å². The van der Waals surface area contributed by atoms with Gasteiger partial charge in [0, 0.05) is 46.1 Å². The second kappa shape index (κ2) is 8.92. The van der Waals surface area contributed by atoms with Crippen LogP contribution in [-0.4, -0.2) is 21.4 Å². The van der Waals surface area contributed by atoms with E-state index in [0.717, 1.165) is 35.9 Å². The number of rotatable bonds is 10. The van der Waals surface area contributed by atoms with E-state index >= 15 is 0 Å². The molecule has 0 unspecified atom stereocenters. The second-order valence-electron chi connectivity index (χ2n) is 7.96. The molecule has 1 aromatic heterocycles. The number of carboxylic acids is 1. The molecular weight excluding hydrogens is 362 g/mol. The third kappa shape index (κ3) is 4.92. The van der Waals surface area contributed by atoms with Crippen LogP contribution in [0.25, 0.3) is 10.9 Å². The zero-order valence-electron chi connectivity index (χ0n) is 16.8. The zero-order valence-corrected chi connectivity index (χ0v) is 17.5. The van der Waals surface area contributed by atoms with E-state index in [2.05, 4.69) is 11.5 Å². The van der Waals surface area contributed by atoms with Crippen LogP contribution in [0.4, 0.5) is 0 Å². The number of ketones is 1. The van der Waals surface area contributed by atoms with Crippen molar-refractivity contribution in [1.82, 2.24) is 4.57 Å². The van der Waals surface area contributed by atoms with E-state index in [1.54, 1.807) is 0 Å². The third-order valence-electron chi connectivity index (χ3n) is 5.36. The van der Waals surface area contributed by atoms with E-state index in [1.807, 2.05) is 39.1 Å². The molecule has 1 N–H and O–H groups in total. The van der Waals surface area contributed by atoms with Crippen LogP contribution < -0.4 is 0 Å². The van der Waals surface area contributed by atoms with Crippen molar-refractivity contribution in [3.8, 4) is 0 Å². The summed E-state index contributed by atoms with van der Waals surface area (Å²) in [7, 11) is 1.99. The molecule has 0 saturated carbocycles. The molecule has 0 bridgehead atoms. The molecule has 1 aromatic carbocycles. The topological polar surface area (TPSA) is 59.3 Å². The Morgan fingerprint density at radius 1 is 1.19 bits per heavy atom. The maximum absolute atomic E-state index is 13.5. The number of carbonyl (C=O) groups is 2. The first-order valence-corrected chi connectivity index (χ1v) is 10.1. The minimum atomic E-state index is -0.878. The fraction of sp³-hybridized carbons (Fsp3) is 0.545. The van der Waals surface area contributed by atoms with Crippen LogP contribution in [-0.2, 0) is 18.3 Å². The average molecular weight is 392 g/mol. The summed E-state index contributed by atoms with van der Waals surface area (Å²) in [6.45, 7) is 5.85. The number of aromatic nitrogens is 1. The number of hydrogen-bond donors (Lipinski definition) is 1. The lowest BCUT2D eigenvalue weighted by Crippen LogP contribution is -2.26. The van der Waals surface area contributed by atoms with Crippen LogP contribution in [0.3, 0.4) is 0 Å². The van der Waals surface area contributed by atoms with Gasteiger partial charge < -0.3 is 9.67 Å². The Bertz CT molecular complexity index is 836. The van der Waals surface area contributed by atoms with Crippen LogP contribution in [0.15, 0.2) is 18.2 Å². The highest BCUT2D eigenvalue weighted by atomic mass is 35.5. The molecule has 1 heterocycles. The molecule has 148 valence electrons. The molecule has 4 nitrogen and oxygen atoms in total. The average Bonchev–Trinajstić information content (AvgIpc) is 2.87. The van der Waals surface area contributed by atoms with Crippen LogP contribution in [0.5, 0.6) is 0 Å². The molecule has 0 fully saturated rings. The summed E-state index contributed by atoms with van der Waals surface area (Å²) in [6.07, 6.45) is 5.64. The Kier molecular flexibility index (Phi) is 7.10. The summed E-state index contributed by atoms with van der Waals surface area (Å²) in [4.78, 5) is 24.5. The van der Waals surface area contributed by atoms with E-state index in [-0.39, 0.29) is 12.2 Å². The zero-order chi connectivity index (χ0) is 20.2. The normalized spacial score (nSPS) is 11.9. The lowest BCUT2D eigenvalue weighted by atomic mass is 9.79. The van der Waals surface area contributed by atoms with Gasteiger partial charge in [0.05, 0.1) is 0 Å². The van der Waals surface area contributed by atoms with Gasteiger partial charge >= 0.3 is 5.97 Å². The van der Waals surface area contributed by atoms with Gasteiger partial charge in [0.2, 0.25) is 0 Å². The van der Waals surface area contributed by atoms with Gasteiger partial charge in [0.15, 0.2) is 5.78 Å². The summed E-state index contributed by atoms with van der Waals surface area (Å²) in [5.74, 6) is -0.876. The molecule has 5 heteroatoms. The standard InChI is InChI=1S/C22H30ClNO3/c1-5-6-7-8-9-18-20(21(27)22(2,3)13-12-19(25)26)16-14-15(23)10-11-17(16)24(18)4/h10-11,14H,5-9,12-13H2,1-4H3,(H,25,26). The molecule has 0 aliphatic heterocycles. The number of carboxylic acid groups (broad SMARTS) is 1. The number of aliphatic carboxylic acids is 1. The predicted molar refractivity (Wildman–Crippen MR) is 111 cm³/mol. The monoisotopic (exact) mass is 391 g/mol. The minimum absolute atomic E-state index is 0.00195. The predicted octanol–water partition coefficient (Wildman–Crippen LogP) is 6.03. The number of fused-ring (bicyclic) bond motifs is 1. The SMILES string of the molecule is CCCCCCc1c(C(=O)C(C)(C)CCC(=O)O)c2cc(Cl)ccc2n1C. The van der Waals surface area contributed by atoms with Crippen molar-refractivity contribution in [2.45, 2.75) is 65.7 Å². The van der Waals surface area contributed by atoms with Crippen LogP contribution in [0.2, 0.25) is 5.02 Å². The van der Waals surface area contributed by atoms with Gasteiger partial charge in [-0.15, -0.1) is 0 Å². The number of Topliss-reactive ketones (excluding diaryl/α,β-unsaturated/α-hetero) is 1. The number of halogens is 1. The van der Waals surface area contributed by atoms with Gasteiger partial charge in [-0.05, 0) is 37.5 Å². The van der Waals surface area contributed by atoms with Gasteiger partial charge in [0.1, 0.15) is 0 Å². The molecule has 0 aliphatic rings. The molecule has 27 heavy (non-hydrogen) atoms. The van der Waals surface area contributed by atoms with Crippen molar-refractivity contribution in [1.29, 1.82) is 0 Å². The summed E-state index contributed by atoms with van der Waals surface area (Å²) in [6, 6.07) is 5.65. The Balaban J connectivity index is 2.49. The van der Waals surface area contributed by atoms with Crippen molar-refractivity contribution < 1.29 is 14.7 Å². The lowest BCUT2D eigenvalue weighted by molar-refractivity contribution is -0.137. The maximum atomic E-state index is 13.5. The number of nitrogens with zero attached hydrogens (tertiary/aromatic N) is 1. The van der Waals surface area contributed by atoms with E-state index in [0.29, 0.717) is 17.0 Å².